The number of carbonyl (C=O) groups is 1. The van der Waals surface area contributed by atoms with E-state index in [0.717, 1.165) is 19.4 Å². The summed E-state index contributed by atoms with van der Waals surface area (Å²) in [6.07, 6.45) is 5.20. The fourth-order valence-electron chi connectivity index (χ4n) is 1.59. The van der Waals surface area contributed by atoms with Gasteiger partial charge >= 0.3 is 0 Å². The lowest BCUT2D eigenvalue weighted by atomic mass is 10.2. The van der Waals surface area contributed by atoms with E-state index in [9.17, 15) is 4.79 Å². The van der Waals surface area contributed by atoms with Crippen molar-refractivity contribution < 1.29 is 4.79 Å². The topological polar surface area (TPSA) is 66.9 Å². The molecular weight excluding hydrogens is 228 g/mol. The van der Waals surface area contributed by atoms with Crippen molar-refractivity contribution in [2.24, 2.45) is 0 Å². The van der Waals surface area contributed by atoms with E-state index in [-0.39, 0.29) is 24.4 Å². The van der Waals surface area contributed by atoms with Gasteiger partial charge in [0.05, 0.1) is 24.1 Å². The molecule has 1 aromatic heterocycles. The van der Waals surface area contributed by atoms with E-state index in [1.165, 1.54) is 0 Å². The van der Waals surface area contributed by atoms with Crippen molar-refractivity contribution in [3.05, 3.63) is 18.2 Å². The maximum Gasteiger partial charge on any atom is 0.241 e. The van der Waals surface area contributed by atoms with Crippen molar-refractivity contribution in [2.75, 3.05) is 11.9 Å². The normalized spacial score (nSPS) is 18.9. The molecule has 1 aliphatic heterocycles. The van der Waals surface area contributed by atoms with Crippen LogP contribution >= 0.6 is 12.4 Å². The van der Waals surface area contributed by atoms with E-state index in [4.69, 9.17) is 0 Å². The highest BCUT2D eigenvalue weighted by molar-refractivity contribution is 5.94. The Labute approximate surface area is 100 Å². The number of aryl methyl sites for hydroxylation is 1. The molecule has 0 bridgehead atoms. The number of nitrogens with zero attached hydrogens (tertiary/aromatic N) is 2. The Morgan fingerprint density at radius 3 is 2.75 bits per heavy atom. The van der Waals surface area contributed by atoms with Gasteiger partial charge in [0.25, 0.3) is 0 Å². The van der Waals surface area contributed by atoms with Crippen molar-refractivity contribution >= 4 is 24.0 Å². The second-order valence-electron chi connectivity index (χ2n) is 3.66. The summed E-state index contributed by atoms with van der Waals surface area (Å²) in [7, 11) is 0. The molecule has 0 radical (unpaired) electrons. The van der Waals surface area contributed by atoms with Gasteiger partial charge in [0.1, 0.15) is 5.82 Å². The Kier molecular flexibility index (Phi) is 4.64. The maximum atomic E-state index is 11.7. The van der Waals surface area contributed by atoms with Crippen LogP contribution in [-0.4, -0.2) is 28.5 Å². The van der Waals surface area contributed by atoms with Gasteiger partial charge in [0.2, 0.25) is 5.91 Å². The van der Waals surface area contributed by atoms with Crippen LogP contribution in [-0.2, 0) is 4.79 Å². The van der Waals surface area contributed by atoms with Crippen molar-refractivity contribution in [2.45, 2.75) is 25.8 Å². The highest BCUT2D eigenvalue weighted by atomic mass is 35.5. The lowest BCUT2D eigenvalue weighted by Gasteiger charge is -2.10. The van der Waals surface area contributed by atoms with Crippen LogP contribution in [0, 0.1) is 6.92 Å². The molecule has 2 heterocycles. The summed E-state index contributed by atoms with van der Waals surface area (Å²) < 4.78 is 0. The summed E-state index contributed by atoms with van der Waals surface area (Å²) in [6.45, 7) is 2.73. The average molecular weight is 243 g/mol. The first kappa shape index (κ1) is 12.9. The summed E-state index contributed by atoms with van der Waals surface area (Å²) in [5.41, 5.74) is 0.652. The van der Waals surface area contributed by atoms with Gasteiger partial charge < -0.3 is 10.6 Å². The van der Waals surface area contributed by atoms with Crippen molar-refractivity contribution in [1.29, 1.82) is 0 Å². The van der Waals surface area contributed by atoms with E-state index in [0.29, 0.717) is 11.5 Å². The predicted octanol–water partition coefficient (Wildman–Crippen LogP) is 0.897. The van der Waals surface area contributed by atoms with Gasteiger partial charge in [-0.2, -0.15) is 0 Å². The Morgan fingerprint density at radius 1 is 1.50 bits per heavy atom. The molecule has 2 rings (SSSR count). The number of nitrogens with one attached hydrogen (secondary N) is 2. The molecule has 1 saturated heterocycles. The average Bonchev–Trinajstić information content (AvgIpc) is 2.74. The Hall–Kier alpha value is -1.20. The minimum atomic E-state index is -0.0636. The largest absolute Gasteiger partial charge is 0.322 e. The lowest BCUT2D eigenvalue weighted by Crippen LogP contribution is -2.35. The summed E-state index contributed by atoms with van der Waals surface area (Å²) in [5.74, 6) is 0.701. The first-order chi connectivity index (χ1) is 7.25. The van der Waals surface area contributed by atoms with E-state index < -0.39 is 0 Å². The van der Waals surface area contributed by atoms with Crippen LogP contribution in [0.3, 0.4) is 0 Å². The van der Waals surface area contributed by atoms with Crippen LogP contribution in [0.25, 0.3) is 0 Å². The van der Waals surface area contributed by atoms with Gasteiger partial charge in [-0.1, -0.05) is 0 Å². The molecule has 16 heavy (non-hydrogen) atoms. The van der Waals surface area contributed by atoms with Crippen LogP contribution in [0.15, 0.2) is 12.4 Å². The van der Waals surface area contributed by atoms with Gasteiger partial charge in [0, 0.05) is 0 Å². The summed E-state index contributed by atoms with van der Waals surface area (Å²) in [5, 5.41) is 5.92. The molecule has 6 heteroatoms. The van der Waals surface area contributed by atoms with E-state index >= 15 is 0 Å². The standard InChI is InChI=1S/C10H14N4O.ClH/c1-7-12-5-8(6-13-7)14-10(15)9-3-2-4-11-9;/h5-6,9,11H,2-4H2,1H3,(H,14,15);1H/t9-;/m0./s1. The van der Waals surface area contributed by atoms with E-state index in [2.05, 4.69) is 20.6 Å². The van der Waals surface area contributed by atoms with Gasteiger partial charge in [-0.3, -0.25) is 4.79 Å². The zero-order valence-electron chi connectivity index (χ0n) is 9.06. The quantitative estimate of drug-likeness (QED) is 0.809. The molecule has 5 nitrogen and oxygen atoms in total. The SMILES string of the molecule is Cc1ncc(NC(=O)[C@@H]2CCCN2)cn1.Cl. The van der Waals surface area contributed by atoms with Crippen LogP contribution in [0.2, 0.25) is 0 Å². The number of halogens is 1. The monoisotopic (exact) mass is 242 g/mol. The summed E-state index contributed by atoms with van der Waals surface area (Å²) in [4.78, 5) is 19.7. The number of hydrogen-bond donors (Lipinski definition) is 2. The van der Waals surface area contributed by atoms with Crippen molar-refractivity contribution in [3.63, 3.8) is 0 Å². The number of hydrogen-bond acceptors (Lipinski definition) is 4. The first-order valence-corrected chi connectivity index (χ1v) is 5.08. The number of aromatic nitrogens is 2. The third-order valence-electron chi connectivity index (χ3n) is 2.43. The van der Waals surface area contributed by atoms with Crippen LogP contribution < -0.4 is 10.6 Å². The second-order valence-corrected chi connectivity index (χ2v) is 3.66. The molecule has 2 N–H and O–H groups in total. The Balaban J connectivity index is 0.00000128. The zero-order chi connectivity index (χ0) is 10.7. The molecule has 1 atom stereocenters. The molecule has 88 valence electrons. The molecule has 0 unspecified atom stereocenters. The molecular formula is C10H15ClN4O. The predicted molar refractivity (Wildman–Crippen MR) is 63.7 cm³/mol. The summed E-state index contributed by atoms with van der Waals surface area (Å²) >= 11 is 0. The fourth-order valence-corrected chi connectivity index (χ4v) is 1.59. The number of anilines is 1. The first-order valence-electron chi connectivity index (χ1n) is 5.08. The lowest BCUT2D eigenvalue weighted by molar-refractivity contribution is -0.117. The van der Waals surface area contributed by atoms with Gasteiger partial charge in [-0.15, -0.1) is 12.4 Å². The third kappa shape index (κ3) is 3.15. The fraction of sp³-hybridized carbons (Fsp3) is 0.500. The summed E-state index contributed by atoms with van der Waals surface area (Å²) in [6, 6.07) is -0.0636. The second kappa shape index (κ2) is 5.77. The van der Waals surface area contributed by atoms with E-state index in [1.807, 2.05) is 6.92 Å². The van der Waals surface area contributed by atoms with E-state index in [1.54, 1.807) is 12.4 Å². The van der Waals surface area contributed by atoms with Crippen LogP contribution in [0.5, 0.6) is 0 Å². The van der Waals surface area contributed by atoms with Crippen LogP contribution in [0.4, 0.5) is 5.69 Å². The number of amides is 1. The molecule has 0 aromatic carbocycles. The molecule has 0 aliphatic carbocycles. The Bertz CT molecular complexity index is 348. The smallest absolute Gasteiger partial charge is 0.241 e. The molecule has 1 amide bonds. The third-order valence-corrected chi connectivity index (χ3v) is 2.43. The minimum absolute atomic E-state index is 0. The van der Waals surface area contributed by atoms with Crippen molar-refractivity contribution in [1.82, 2.24) is 15.3 Å². The highest BCUT2D eigenvalue weighted by Crippen LogP contribution is 2.09. The molecule has 0 spiro atoms. The highest BCUT2D eigenvalue weighted by Gasteiger charge is 2.21. The zero-order valence-corrected chi connectivity index (χ0v) is 9.88. The molecule has 0 saturated carbocycles. The molecule has 1 fully saturated rings. The molecule has 1 aromatic rings. The number of rotatable bonds is 2. The van der Waals surface area contributed by atoms with Crippen molar-refractivity contribution in [3.8, 4) is 0 Å². The van der Waals surface area contributed by atoms with Gasteiger partial charge in [0.15, 0.2) is 0 Å². The molecule has 1 aliphatic rings. The minimum Gasteiger partial charge on any atom is -0.322 e. The number of carbonyl (C=O) groups excluding carboxylic acids is 1. The maximum absolute atomic E-state index is 11.7. The van der Waals surface area contributed by atoms with Crippen LogP contribution in [0.1, 0.15) is 18.7 Å². The van der Waals surface area contributed by atoms with Gasteiger partial charge in [-0.05, 0) is 26.3 Å². The van der Waals surface area contributed by atoms with Gasteiger partial charge in [-0.25, -0.2) is 9.97 Å². The Morgan fingerprint density at radius 2 is 2.19 bits per heavy atom.